The lowest BCUT2D eigenvalue weighted by Crippen LogP contribution is -2.11. The average Bonchev–Trinajstić information content (AvgIpc) is 3.74. The van der Waals surface area contributed by atoms with Gasteiger partial charge in [0, 0.05) is 44.5 Å². The molecule has 0 radical (unpaired) electrons. The molecule has 1 aliphatic rings. The quantitative estimate of drug-likeness (QED) is 0.192. The van der Waals surface area contributed by atoms with Crippen molar-refractivity contribution in [1.29, 1.82) is 0 Å². The molecule has 0 atom stereocenters. The SMILES string of the molecule is c1cc2c3c(cccc3c1)-c1ccc(N(c3ccc(-c4ccc5c(c4)oc4ccccc45)cc3)c3cccc4oc5ccccc5c34)cc1O2. The first-order chi connectivity index (χ1) is 24.8. The van der Waals surface area contributed by atoms with Gasteiger partial charge in [-0.05, 0) is 88.8 Å². The van der Waals surface area contributed by atoms with Gasteiger partial charge < -0.3 is 18.5 Å². The van der Waals surface area contributed by atoms with Gasteiger partial charge in [0.05, 0.1) is 11.1 Å². The predicted octanol–water partition coefficient (Wildman–Crippen LogP) is 13.5. The van der Waals surface area contributed by atoms with E-state index in [-0.39, 0.29) is 0 Å². The third kappa shape index (κ3) is 3.99. The highest BCUT2D eigenvalue weighted by molar-refractivity contribution is 6.13. The predicted molar refractivity (Wildman–Crippen MR) is 204 cm³/mol. The Morgan fingerprint density at radius 2 is 1.06 bits per heavy atom. The van der Waals surface area contributed by atoms with Crippen LogP contribution in [0.1, 0.15) is 0 Å². The summed E-state index contributed by atoms with van der Waals surface area (Å²) < 4.78 is 19.2. The van der Waals surface area contributed by atoms with Crippen molar-refractivity contribution in [2.24, 2.45) is 0 Å². The summed E-state index contributed by atoms with van der Waals surface area (Å²) in [4.78, 5) is 2.31. The Kier molecular flexibility index (Phi) is 5.63. The summed E-state index contributed by atoms with van der Waals surface area (Å²) in [5.41, 5.74) is 11.0. The highest BCUT2D eigenvalue weighted by Crippen LogP contribution is 2.50. The Morgan fingerprint density at radius 1 is 0.380 bits per heavy atom. The molecule has 4 nitrogen and oxygen atoms in total. The van der Waals surface area contributed by atoms with Crippen molar-refractivity contribution < 1.29 is 13.6 Å². The molecule has 0 fully saturated rings. The van der Waals surface area contributed by atoms with E-state index in [9.17, 15) is 0 Å². The van der Waals surface area contributed by atoms with E-state index in [4.69, 9.17) is 13.6 Å². The first kappa shape index (κ1) is 27.2. The van der Waals surface area contributed by atoms with E-state index in [2.05, 4.69) is 138 Å². The van der Waals surface area contributed by atoms with Crippen molar-refractivity contribution in [3.8, 4) is 33.8 Å². The fraction of sp³-hybridized carbons (Fsp3) is 0. The van der Waals surface area contributed by atoms with Crippen LogP contribution in [-0.2, 0) is 0 Å². The molecule has 3 heterocycles. The van der Waals surface area contributed by atoms with Crippen LogP contribution in [0.25, 0.3) is 76.9 Å². The van der Waals surface area contributed by atoms with E-state index in [1.807, 2.05) is 30.3 Å². The molecule has 0 unspecified atom stereocenters. The van der Waals surface area contributed by atoms with Crippen molar-refractivity contribution in [2.45, 2.75) is 0 Å². The molecule has 4 heteroatoms. The Labute approximate surface area is 287 Å². The number of para-hydroxylation sites is 2. The van der Waals surface area contributed by atoms with Gasteiger partial charge in [0.25, 0.3) is 0 Å². The van der Waals surface area contributed by atoms with Gasteiger partial charge in [-0.2, -0.15) is 0 Å². The monoisotopic (exact) mass is 641 g/mol. The normalized spacial score (nSPS) is 12.2. The average molecular weight is 642 g/mol. The van der Waals surface area contributed by atoms with Crippen LogP contribution >= 0.6 is 0 Å². The number of rotatable bonds is 4. The molecule has 50 heavy (non-hydrogen) atoms. The fourth-order valence-corrected chi connectivity index (χ4v) is 7.77. The van der Waals surface area contributed by atoms with Crippen LogP contribution < -0.4 is 9.64 Å². The summed E-state index contributed by atoms with van der Waals surface area (Å²) >= 11 is 0. The first-order valence-electron chi connectivity index (χ1n) is 16.8. The van der Waals surface area contributed by atoms with Gasteiger partial charge in [0.1, 0.15) is 33.8 Å². The standard InChI is InChI=1S/C46H27NO3/c1-3-14-39-33(10-1)34-24-20-30(26-43(34)49-39)28-18-21-31(22-19-28)47(38-13-7-17-42-46(38)37-11-2-4-15-40(37)48-42)32-23-25-35-36-12-5-8-29-9-6-16-41(45(29)36)50-44(35)27-32/h1-27H. The van der Waals surface area contributed by atoms with Gasteiger partial charge in [-0.1, -0.05) is 91.0 Å². The van der Waals surface area contributed by atoms with E-state index in [1.165, 1.54) is 10.9 Å². The molecule has 2 aromatic heterocycles. The second kappa shape index (κ2) is 10.4. The first-order valence-corrected chi connectivity index (χ1v) is 16.8. The van der Waals surface area contributed by atoms with E-state index in [1.54, 1.807) is 0 Å². The number of fused-ring (bicyclic) bond motifs is 8. The highest BCUT2D eigenvalue weighted by Gasteiger charge is 2.24. The molecule has 0 saturated carbocycles. The summed E-state index contributed by atoms with van der Waals surface area (Å²) in [6.07, 6.45) is 0. The van der Waals surface area contributed by atoms with E-state index in [0.29, 0.717) is 0 Å². The van der Waals surface area contributed by atoms with Gasteiger partial charge in [-0.3, -0.25) is 0 Å². The van der Waals surface area contributed by atoms with Gasteiger partial charge in [-0.15, -0.1) is 0 Å². The van der Waals surface area contributed by atoms with Crippen molar-refractivity contribution >= 4 is 71.7 Å². The molecule has 0 N–H and O–H groups in total. The minimum atomic E-state index is 0.832. The second-order valence-corrected chi connectivity index (χ2v) is 12.9. The van der Waals surface area contributed by atoms with E-state index in [0.717, 1.165) is 94.5 Å². The van der Waals surface area contributed by atoms with Crippen molar-refractivity contribution in [1.82, 2.24) is 0 Å². The zero-order valence-corrected chi connectivity index (χ0v) is 26.8. The third-order valence-corrected chi connectivity index (χ3v) is 10.1. The fourth-order valence-electron chi connectivity index (χ4n) is 7.77. The number of benzene rings is 8. The Hall–Kier alpha value is -6.78. The zero-order valence-electron chi connectivity index (χ0n) is 26.8. The smallest absolute Gasteiger partial charge is 0.137 e. The van der Waals surface area contributed by atoms with Gasteiger partial charge in [0.2, 0.25) is 0 Å². The van der Waals surface area contributed by atoms with E-state index >= 15 is 0 Å². The van der Waals surface area contributed by atoms with Crippen LogP contribution in [0.15, 0.2) is 173 Å². The summed E-state index contributed by atoms with van der Waals surface area (Å²) in [5.74, 6) is 1.71. The minimum Gasteiger partial charge on any atom is -0.456 e. The molecule has 0 spiro atoms. The third-order valence-electron chi connectivity index (χ3n) is 10.1. The van der Waals surface area contributed by atoms with Crippen LogP contribution in [0.2, 0.25) is 0 Å². The maximum atomic E-state index is 6.63. The van der Waals surface area contributed by atoms with Crippen molar-refractivity contribution in [3.05, 3.63) is 164 Å². The molecule has 10 aromatic rings. The minimum absolute atomic E-state index is 0.832. The second-order valence-electron chi connectivity index (χ2n) is 12.9. The Morgan fingerprint density at radius 3 is 1.94 bits per heavy atom. The molecule has 1 aliphatic heterocycles. The lowest BCUT2D eigenvalue weighted by molar-refractivity contribution is 0.487. The maximum absolute atomic E-state index is 6.63. The maximum Gasteiger partial charge on any atom is 0.137 e. The van der Waals surface area contributed by atoms with E-state index < -0.39 is 0 Å². The lowest BCUT2D eigenvalue weighted by atomic mass is 9.94. The lowest BCUT2D eigenvalue weighted by Gasteiger charge is -2.28. The zero-order chi connectivity index (χ0) is 32.8. The van der Waals surface area contributed by atoms with Crippen LogP contribution in [-0.4, -0.2) is 0 Å². The molecular formula is C46H27NO3. The number of hydrogen-bond acceptors (Lipinski definition) is 4. The Bertz CT molecular complexity index is 2960. The number of ether oxygens (including phenoxy) is 1. The molecule has 0 saturated heterocycles. The molecular weight excluding hydrogens is 615 g/mol. The number of anilines is 3. The van der Waals surface area contributed by atoms with Crippen LogP contribution in [0.5, 0.6) is 11.5 Å². The topological polar surface area (TPSA) is 38.8 Å². The van der Waals surface area contributed by atoms with Crippen molar-refractivity contribution in [3.63, 3.8) is 0 Å². The molecule has 11 rings (SSSR count). The van der Waals surface area contributed by atoms with Gasteiger partial charge >= 0.3 is 0 Å². The van der Waals surface area contributed by atoms with Crippen LogP contribution in [0, 0.1) is 0 Å². The molecule has 234 valence electrons. The highest BCUT2D eigenvalue weighted by atomic mass is 16.5. The number of furan rings is 2. The summed E-state index contributed by atoms with van der Waals surface area (Å²) in [6, 6.07) is 57.2. The van der Waals surface area contributed by atoms with Gasteiger partial charge in [0.15, 0.2) is 0 Å². The number of hydrogen-bond donors (Lipinski definition) is 0. The van der Waals surface area contributed by atoms with Crippen LogP contribution in [0.3, 0.4) is 0 Å². The number of nitrogens with zero attached hydrogens (tertiary/aromatic N) is 1. The van der Waals surface area contributed by atoms with Gasteiger partial charge in [-0.25, -0.2) is 0 Å². The molecule has 8 aromatic carbocycles. The largest absolute Gasteiger partial charge is 0.456 e. The Balaban J connectivity index is 1.08. The van der Waals surface area contributed by atoms with Crippen molar-refractivity contribution in [2.75, 3.05) is 4.90 Å². The van der Waals surface area contributed by atoms with Crippen LogP contribution in [0.4, 0.5) is 17.1 Å². The molecule has 0 amide bonds. The summed E-state index contributed by atoms with van der Waals surface area (Å²) in [7, 11) is 0. The summed E-state index contributed by atoms with van der Waals surface area (Å²) in [5, 5.41) is 6.73. The molecule has 0 bridgehead atoms. The summed E-state index contributed by atoms with van der Waals surface area (Å²) in [6.45, 7) is 0. The molecule has 0 aliphatic carbocycles.